The quantitative estimate of drug-likeness (QED) is 0.722. The summed E-state index contributed by atoms with van der Waals surface area (Å²) in [4.78, 5) is 4.59. The second kappa shape index (κ2) is 5.01. The van der Waals surface area contributed by atoms with Crippen LogP contribution in [0.1, 0.15) is 5.56 Å². The summed E-state index contributed by atoms with van der Waals surface area (Å²) in [5.41, 5.74) is 2.91. The van der Waals surface area contributed by atoms with Crippen molar-refractivity contribution in [2.24, 2.45) is 0 Å². The Hall–Kier alpha value is -1.28. The van der Waals surface area contributed by atoms with Crippen molar-refractivity contribution < 1.29 is 8.76 Å². The summed E-state index contributed by atoms with van der Waals surface area (Å²) >= 11 is 0.929. The van der Waals surface area contributed by atoms with Gasteiger partial charge in [-0.2, -0.15) is 0 Å². The van der Waals surface area contributed by atoms with Crippen molar-refractivity contribution in [1.82, 2.24) is 4.98 Å². The number of nitrogens with zero attached hydrogens (tertiary/aromatic N) is 1. The summed E-state index contributed by atoms with van der Waals surface area (Å²) in [6.45, 7) is 1.98. The molecule has 7 heteroatoms. The van der Waals surface area contributed by atoms with Crippen molar-refractivity contribution in [3.8, 4) is 10.6 Å². The van der Waals surface area contributed by atoms with Gasteiger partial charge in [0.15, 0.2) is 0 Å². The number of aromatic nitrogens is 1. The second-order valence-electron chi connectivity index (χ2n) is 3.96. The zero-order valence-corrected chi connectivity index (χ0v) is 12.4. The molecule has 4 nitrogen and oxygen atoms in total. The Morgan fingerprint density at radius 2 is 2.16 bits per heavy atom. The van der Waals surface area contributed by atoms with E-state index in [2.05, 4.69) is 9.71 Å². The lowest BCUT2D eigenvalue weighted by Crippen LogP contribution is -2.01. The van der Waals surface area contributed by atoms with Crippen LogP contribution in [0.3, 0.4) is 0 Å². The van der Waals surface area contributed by atoms with Gasteiger partial charge in [-0.05, 0) is 30.0 Å². The van der Waals surface area contributed by atoms with Crippen molar-refractivity contribution in [3.05, 3.63) is 35.2 Å². The van der Waals surface area contributed by atoms with E-state index in [0.29, 0.717) is 5.00 Å². The highest BCUT2D eigenvalue weighted by Crippen LogP contribution is 2.40. The SMILES string of the molecule is Cc1csc(NS(=O)O)c1-c1nc2ccccc2s1. The molecule has 0 saturated carbocycles. The van der Waals surface area contributed by atoms with Crippen LogP contribution in [0, 0.1) is 6.92 Å². The third kappa shape index (κ3) is 2.42. The molecule has 0 spiro atoms. The molecule has 0 bridgehead atoms. The first-order valence-corrected chi connectivity index (χ1v) is 8.27. The fourth-order valence-corrected chi connectivity index (χ4v) is 4.45. The number of fused-ring (bicyclic) bond motifs is 1. The normalized spacial score (nSPS) is 12.7. The fourth-order valence-electron chi connectivity index (χ4n) is 1.84. The van der Waals surface area contributed by atoms with Crippen LogP contribution in [0.4, 0.5) is 5.00 Å². The van der Waals surface area contributed by atoms with Crippen LogP contribution in [0.2, 0.25) is 0 Å². The first kappa shape index (κ1) is 12.7. The molecule has 0 radical (unpaired) electrons. The smallest absolute Gasteiger partial charge is 0.259 e. The molecule has 0 fully saturated rings. The minimum Gasteiger partial charge on any atom is -0.289 e. The molecule has 0 aliphatic rings. The van der Waals surface area contributed by atoms with Gasteiger partial charge in [-0.1, -0.05) is 12.1 Å². The van der Waals surface area contributed by atoms with Gasteiger partial charge in [0.25, 0.3) is 11.3 Å². The monoisotopic (exact) mass is 310 g/mol. The largest absolute Gasteiger partial charge is 0.289 e. The third-order valence-electron chi connectivity index (χ3n) is 2.66. The number of hydrogen-bond acceptors (Lipinski definition) is 4. The number of benzene rings is 1. The van der Waals surface area contributed by atoms with Gasteiger partial charge >= 0.3 is 0 Å². The second-order valence-corrected chi connectivity index (χ2v) is 6.57. The van der Waals surface area contributed by atoms with Crippen LogP contribution in [-0.4, -0.2) is 13.7 Å². The number of hydrogen-bond donors (Lipinski definition) is 2. The maximum absolute atomic E-state index is 10.9. The molecule has 3 rings (SSSR count). The molecule has 98 valence electrons. The first-order valence-electron chi connectivity index (χ1n) is 5.46. The minimum absolute atomic E-state index is 0.678. The zero-order valence-electron chi connectivity index (χ0n) is 9.91. The molecule has 19 heavy (non-hydrogen) atoms. The van der Waals surface area contributed by atoms with E-state index in [1.165, 1.54) is 11.3 Å². The Morgan fingerprint density at radius 1 is 1.37 bits per heavy atom. The van der Waals surface area contributed by atoms with Crippen LogP contribution in [-0.2, 0) is 11.3 Å². The van der Waals surface area contributed by atoms with Crippen LogP contribution in [0.25, 0.3) is 20.8 Å². The molecule has 1 unspecified atom stereocenters. The highest BCUT2D eigenvalue weighted by atomic mass is 32.2. The van der Waals surface area contributed by atoms with Crippen molar-refractivity contribution >= 4 is 49.2 Å². The minimum atomic E-state index is -2.07. The summed E-state index contributed by atoms with van der Waals surface area (Å²) in [6.07, 6.45) is 0. The molecule has 0 aliphatic carbocycles. The van der Waals surface area contributed by atoms with E-state index >= 15 is 0 Å². The van der Waals surface area contributed by atoms with Gasteiger partial charge in [-0.3, -0.25) is 9.27 Å². The van der Waals surface area contributed by atoms with E-state index in [9.17, 15) is 4.21 Å². The third-order valence-corrected chi connectivity index (χ3v) is 5.24. The van der Waals surface area contributed by atoms with E-state index in [0.717, 1.165) is 26.4 Å². The van der Waals surface area contributed by atoms with E-state index in [-0.39, 0.29) is 0 Å². The lowest BCUT2D eigenvalue weighted by molar-refractivity contribution is 0.570. The van der Waals surface area contributed by atoms with Gasteiger partial charge in [0, 0.05) is 5.56 Å². The predicted octanol–water partition coefficient (Wildman–Crippen LogP) is 3.88. The van der Waals surface area contributed by atoms with Crippen LogP contribution >= 0.6 is 22.7 Å². The molecule has 1 aromatic carbocycles. The van der Waals surface area contributed by atoms with E-state index < -0.39 is 11.3 Å². The van der Waals surface area contributed by atoms with Crippen molar-refractivity contribution in [2.75, 3.05) is 4.72 Å². The highest BCUT2D eigenvalue weighted by molar-refractivity contribution is 7.80. The lowest BCUT2D eigenvalue weighted by atomic mass is 10.2. The molecule has 2 aromatic heterocycles. The topological polar surface area (TPSA) is 62.2 Å². The molecule has 3 aromatic rings. The molecule has 0 amide bonds. The number of rotatable bonds is 3. The van der Waals surface area contributed by atoms with Crippen molar-refractivity contribution in [3.63, 3.8) is 0 Å². The summed E-state index contributed by atoms with van der Waals surface area (Å²) in [5, 5.41) is 3.50. The van der Waals surface area contributed by atoms with Gasteiger partial charge in [-0.15, -0.1) is 22.7 Å². The zero-order chi connectivity index (χ0) is 13.4. The number of nitrogens with one attached hydrogen (secondary N) is 1. The number of anilines is 1. The summed E-state index contributed by atoms with van der Waals surface area (Å²) in [6, 6.07) is 7.92. The first-order chi connectivity index (χ1) is 9.15. The van der Waals surface area contributed by atoms with Crippen LogP contribution in [0.15, 0.2) is 29.6 Å². The molecular weight excluding hydrogens is 300 g/mol. The highest BCUT2D eigenvalue weighted by Gasteiger charge is 2.16. The number of aryl methyl sites for hydroxylation is 1. The van der Waals surface area contributed by atoms with E-state index in [1.807, 2.05) is 36.6 Å². The van der Waals surface area contributed by atoms with Crippen molar-refractivity contribution in [1.29, 1.82) is 0 Å². The Bertz CT molecular complexity index is 730. The van der Waals surface area contributed by atoms with Gasteiger partial charge in [0.05, 0.1) is 10.2 Å². The van der Waals surface area contributed by atoms with E-state index in [4.69, 9.17) is 4.55 Å². The van der Waals surface area contributed by atoms with Crippen LogP contribution < -0.4 is 4.72 Å². The number of para-hydroxylation sites is 1. The molecule has 0 saturated heterocycles. The molecule has 0 aliphatic heterocycles. The van der Waals surface area contributed by atoms with Crippen molar-refractivity contribution in [2.45, 2.75) is 6.92 Å². The van der Waals surface area contributed by atoms with Gasteiger partial charge in [0.1, 0.15) is 10.0 Å². The number of thiophene rings is 1. The van der Waals surface area contributed by atoms with E-state index in [1.54, 1.807) is 11.3 Å². The Kier molecular flexibility index (Phi) is 3.36. The maximum Gasteiger partial charge on any atom is 0.259 e. The summed E-state index contributed by atoms with van der Waals surface area (Å²) in [7, 11) is 0. The van der Waals surface area contributed by atoms with Crippen LogP contribution in [0.5, 0.6) is 0 Å². The van der Waals surface area contributed by atoms with Gasteiger partial charge < -0.3 is 0 Å². The Balaban J connectivity index is 2.15. The molecular formula is C12H10N2O2S3. The average molecular weight is 310 g/mol. The van der Waals surface area contributed by atoms with Gasteiger partial charge in [0.2, 0.25) is 0 Å². The predicted molar refractivity (Wildman–Crippen MR) is 82.1 cm³/mol. The molecule has 1 atom stereocenters. The average Bonchev–Trinajstić information content (AvgIpc) is 2.92. The Morgan fingerprint density at radius 3 is 2.89 bits per heavy atom. The summed E-state index contributed by atoms with van der Waals surface area (Å²) in [5.74, 6) is 0. The number of thiazole rings is 1. The fraction of sp³-hybridized carbons (Fsp3) is 0.0833. The summed E-state index contributed by atoms with van der Waals surface area (Å²) < 4.78 is 23.6. The Labute approximate surface area is 120 Å². The standard InChI is InChI=1S/C12H10N2O2S3/c1-7-6-17-12(14-19(15)16)10(7)11-13-8-4-2-3-5-9(8)18-11/h2-6,14H,1H3,(H,15,16). The lowest BCUT2D eigenvalue weighted by Gasteiger charge is -2.01. The van der Waals surface area contributed by atoms with Gasteiger partial charge in [-0.25, -0.2) is 9.19 Å². The molecule has 2 heterocycles. The molecule has 2 N–H and O–H groups in total. The maximum atomic E-state index is 10.9.